The summed E-state index contributed by atoms with van der Waals surface area (Å²) in [6, 6.07) is 19.1. The molecule has 3 N–H and O–H groups in total. The summed E-state index contributed by atoms with van der Waals surface area (Å²) in [5.41, 5.74) is 7.76. The SMILES string of the molecule is Nc1cccc(C(=O)Nc2ccc(C(=O)OCC(=O)c3ccc(Cl)cc3)cc2)c1. The van der Waals surface area contributed by atoms with Crippen LogP contribution in [0.15, 0.2) is 72.8 Å². The van der Waals surface area contributed by atoms with Crippen molar-refractivity contribution in [1.82, 2.24) is 0 Å². The molecular weight excluding hydrogens is 392 g/mol. The van der Waals surface area contributed by atoms with Crippen LogP contribution in [0.25, 0.3) is 0 Å². The van der Waals surface area contributed by atoms with Gasteiger partial charge in [0, 0.05) is 27.5 Å². The number of amides is 1. The molecule has 3 aromatic carbocycles. The molecule has 1 amide bonds. The summed E-state index contributed by atoms with van der Waals surface area (Å²) in [6.07, 6.45) is 0. The minimum atomic E-state index is -0.638. The van der Waals surface area contributed by atoms with Crippen LogP contribution in [-0.2, 0) is 4.74 Å². The summed E-state index contributed by atoms with van der Waals surface area (Å²) in [7, 11) is 0. The molecule has 0 aromatic heterocycles. The van der Waals surface area contributed by atoms with Crippen LogP contribution in [0, 0.1) is 0 Å². The number of nitrogens with two attached hydrogens (primary N) is 1. The van der Waals surface area contributed by atoms with E-state index in [1.807, 2.05) is 0 Å². The maximum Gasteiger partial charge on any atom is 0.338 e. The number of Topliss-reactive ketones (excluding diaryl/α,β-unsaturated/α-hetero) is 1. The third-order valence-electron chi connectivity index (χ3n) is 4.03. The van der Waals surface area contributed by atoms with Gasteiger partial charge in [-0.3, -0.25) is 9.59 Å². The molecule has 0 radical (unpaired) electrons. The van der Waals surface area contributed by atoms with Gasteiger partial charge in [-0.1, -0.05) is 17.7 Å². The van der Waals surface area contributed by atoms with Gasteiger partial charge in [-0.05, 0) is 66.7 Å². The molecule has 0 spiro atoms. The highest BCUT2D eigenvalue weighted by molar-refractivity contribution is 6.30. The lowest BCUT2D eigenvalue weighted by Gasteiger charge is -2.08. The Morgan fingerprint density at radius 3 is 2.17 bits per heavy atom. The number of hydrogen-bond donors (Lipinski definition) is 2. The maximum absolute atomic E-state index is 12.2. The van der Waals surface area contributed by atoms with Crippen molar-refractivity contribution in [2.75, 3.05) is 17.7 Å². The van der Waals surface area contributed by atoms with Gasteiger partial charge in [0.2, 0.25) is 0 Å². The van der Waals surface area contributed by atoms with Crippen molar-refractivity contribution in [2.45, 2.75) is 0 Å². The molecule has 0 saturated carbocycles. The van der Waals surface area contributed by atoms with E-state index < -0.39 is 5.97 Å². The lowest BCUT2D eigenvalue weighted by Crippen LogP contribution is -2.15. The van der Waals surface area contributed by atoms with E-state index in [-0.39, 0.29) is 23.9 Å². The molecule has 0 heterocycles. The van der Waals surface area contributed by atoms with Crippen LogP contribution in [0.5, 0.6) is 0 Å². The lowest BCUT2D eigenvalue weighted by molar-refractivity contribution is 0.0475. The number of nitrogens with one attached hydrogen (secondary N) is 1. The summed E-state index contributed by atoms with van der Waals surface area (Å²) < 4.78 is 5.06. The standard InChI is InChI=1S/C22H17ClN2O4/c23-17-8-4-14(5-9-17)20(26)13-29-22(28)15-6-10-19(11-7-15)25-21(27)16-2-1-3-18(24)12-16/h1-12H,13,24H2,(H,25,27). The molecule has 29 heavy (non-hydrogen) atoms. The number of rotatable bonds is 6. The van der Waals surface area contributed by atoms with Gasteiger partial charge >= 0.3 is 5.97 Å². The summed E-state index contributed by atoms with van der Waals surface area (Å²) in [4.78, 5) is 36.4. The predicted molar refractivity (Wildman–Crippen MR) is 111 cm³/mol. The van der Waals surface area contributed by atoms with Crippen LogP contribution in [0.3, 0.4) is 0 Å². The van der Waals surface area contributed by atoms with Gasteiger partial charge in [0.05, 0.1) is 5.56 Å². The van der Waals surface area contributed by atoms with Crippen LogP contribution < -0.4 is 11.1 Å². The van der Waals surface area contributed by atoms with Crippen molar-refractivity contribution in [3.63, 3.8) is 0 Å². The summed E-state index contributed by atoms with van der Waals surface area (Å²) in [6.45, 7) is -0.381. The van der Waals surface area contributed by atoms with Crippen LogP contribution >= 0.6 is 11.6 Å². The number of carbonyl (C=O) groups is 3. The Kier molecular flexibility index (Phi) is 6.26. The monoisotopic (exact) mass is 408 g/mol. The molecule has 0 aliphatic carbocycles. The first-order chi connectivity index (χ1) is 13.9. The Hall–Kier alpha value is -3.64. The van der Waals surface area contributed by atoms with Gasteiger partial charge < -0.3 is 15.8 Å². The second kappa shape index (κ2) is 9.03. The van der Waals surface area contributed by atoms with Gasteiger partial charge in [0.25, 0.3) is 5.91 Å². The number of carbonyl (C=O) groups excluding carboxylic acids is 3. The fourth-order valence-electron chi connectivity index (χ4n) is 2.51. The molecule has 0 atom stereocenters. The topological polar surface area (TPSA) is 98.5 Å². The normalized spacial score (nSPS) is 10.2. The van der Waals surface area contributed by atoms with Crippen molar-refractivity contribution in [1.29, 1.82) is 0 Å². The van der Waals surface area contributed by atoms with E-state index in [9.17, 15) is 14.4 Å². The van der Waals surface area contributed by atoms with Crippen molar-refractivity contribution in [3.8, 4) is 0 Å². The van der Waals surface area contributed by atoms with Gasteiger partial charge in [0.15, 0.2) is 12.4 Å². The first kappa shape index (κ1) is 20.1. The summed E-state index contributed by atoms with van der Waals surface area (Å²) >= 11 is 5.78. The van der Waals surface area contributed by atoms with E-state index in [1.54, 1.807) is 60.7 Å². The fraction of sp³-hybridized carbons (Fsp3) is 0.0455. The molecule has 0 aliphatic heterocycles. The molecule has 3 aromatic rings. The van der Waals surface area contributed by atoms with E-state index in [2.05, 4.69) is 5.32 Å². The lowest BCUT2D eigenvalue weighted by atomic mass is 10.1. The van der Waals surface area contributed by atoms with Gasteiger partial charge in [-0.15, -0.1) is 0 Å². The highest BCUT2D eigenvalue weighted by atomic mass is 35.5. The van der Waals surface area contributed by atoms with E-state index >= 15 is 0 Å². The molecule has 0 aliphatic rings. The maximum atomic E-state index is 12.2. The third-order valence-corrected chi connectivity index (χ3v) is 4.28. The molecular formula is C22H17ClN2O4. The van der Waals surface area contributed by atoms with E-state index in [4.69, 9.17) is 22.1 Å². The Labute approximate surface area is 172 Å². The highest BCUT2D eigenvalue weighted by Gasteiger charge is 2.13. The quantitative estimate of drug-likeness (QED) is 0.361. The minimum absolute atomic E-state index is 0.260. The number of hydrogen-bond acceptors (Lipinski definition) is 5. The van der Waals surface area contributed by atoms with Crippen LogP contribution in [-0.4, -0.2) is 24.3 Å². The second-order valence-corrected chi connectivity index (χ2v) is 6.60. The van der Waals surface area contributed by atoms with Gasteiger partial charge in [-0.25, -0.2) is 4.79 Å². The average Bonchev–Trinajstić information content (AvgIpc) is 2.73. The molecule has 146 valence electrons. The first-order valence-electron chi connectivity index (χ1n) is 8.65. The zero-order chi connectivity index (χ0) is 20.8. The zero-order valence-corrected chi connectivity index (χ0v) is 16.0. The number of halogens is 1. The van der Waals surface area contributed by atoms with Gasteiger partial charge in [0.1, 0.15) is 0 Å². The number of benzene rings is 3. The molecule has 7 heteroatoms. The number of ketones is 1. The highest BCUT2D eigenvalue weighted by Crippen LogP contribution is 2.14. The van der Waals surface area contributed by atoms with E-state index in [0.29, 0.717) is 27.5 Å². The summed E-state index contributed by atoms with van der Waals surface area (Å²) in [5, 5.41) is 3.23. The van der Waals surface area contributed by atoms with Crippen LogP contribution in [0.4, 0.5) is 11.4 Å². The van der Waals surface area contributed by atoms with E-state index in [1.165, 1.54) is 12.1 Å². The predicted octanol–water partition coefficient (Wildman–Crippen LogP) is 4.21. The zero-order valence-electron chi connectivity index (χ0n) is 15.2. The third kappa shape index (κ3) is 5.43. The Bertz CT molecular complexity index is 1050. The number of nitrogen functional groups attached to an aromatic ring is 1. The molecule has 0 unspecified atom stereocenters. The average molecular weight is 409 g/mol. The van der Waals surface area contributed by atoms with Crippen molar-refractivity contribution < 1.29 is 19.1 Å². The molecule has 0 bridgehead atoms. The number of ether oxygens (including phenoxy) is 1. The van der Waals surface area contributed by atoms with E-state index in [0.717, 1.165) is 0 Å². The van der Waals surface area contributed by atoms with Crippen molar-refractivity contribution >= 4 is 40.6 Å². The Balaban J connectivity index is 1.56. The Morgan fingerprint density at radius 2 is 1.52 bits per heavy atom. The van der Waals surface area contributed by atoms with Gasteiger partial charge in [-0.2, -0.15) is 0 Å². The largest absolute Gasteiger partial charge is 0.454 e. The second-order valence-electron chi connectivity index (χ2n) is 6.16. The Morgan fingerprint density at radius 1 is 0.862 bits per heavy atom. The van der Waals surface area contributed by atoms with Crippen molar-refractivity contribution in [2.24, 2.45) is 0 Å². The first-order valence-corrected chi connectivity index (χ1v) is 9.03. The molecule has 0 saturated heterocycles. The molecule has 6 nitrogen and oxygen atoms in total. The van der Waals surface area contributed by atoms with Crippen LogP contribution in [0.1, 0.15) is 31.1 Å². The fourth-order valence-corrected chi connectivity index (χ4v) is 2.63. The molecule has 0 fully saturated rings. The smallest absolute Gasteiger partial charge is 0.338 e. The van der Waals surface area contributed by atoms with Crippen molar-refractivity contribution in [3.05, 3.63) is 94.5 Å². The molecule has 3 rings (SSSR count). The van der Waals surface area contributed by atoms with Crippen LogP contribution in [0.2, 0.25) is 5.02 Å². The number of esters is 1. The number of anilines is 2. The summed E-state index contributed by atoms with van der Waals surface area (Å²) in [5.74, 6) is -1.29. The minimum Gasteiger partial charge on any atom is -0.454 e.